The molecule has 1 aliphatic heterocycles. The summed E-state index contributed by atoms with van der Waals surface area (Å²) in [6.45, 7) is 0. The Bertz CT molecular complexity index is 799. The summed E-state index contributed by atoms with van der Waals surface area (Å²) in [6.07, 6.45) is 0. The average molecular weight is 276 g/mol. The van der Waals surface area contributed by atoms with Crippen LogP contribution in [0.4, 0.5) is 11.4 Å². The van der Waals surface area contributed by atoms with Crippen LogP contribution < -0.4 is 4.72 Å². The van der Waals surface area contributed by atoms with Crippen molar-refractivity contribution in [3.05, 3.63) is 52.6 Å². The molecule has 1 heterocycles. The normalized spacial score (nSPS) is 14.9. The number of anilines is 1. The molecule has 0 amide bonds. The largest absolute Gasteiger partial charge is 0.293 e. The first-order valence-electron chi connectivity index (χ1n) is 5.40. The van der Waals surface area contributed by atoms with Crippen molar-refractivity contribution in [2.45, 2.75) is 4.90 Å². The van der Waals surface area contributed by atoms with E-state index < -0.39 is 14.9 Å². The molecule has 2 aromatic rings. The molecule has 0 atom stereocenters. The second kappa shape index (κ2) is 3.79. The van der Waals surface area contributed by atoms with Crippen LogP contribution in [0.5, 0.6) is 0 Å². The van der Waals surface area contributed by atoms with Crippen LogP contribution in [0.2, 0.25) is 0 Å². The van der Waals surface area contributed by atoms with Crippen LogP contribution in [0.25, 0.3) is 11.1 Å². The molecule has 2 aromatic carbocycles. The molecule has 0 unspecified atom stereocenters. The standard InChI is InChI=1S/C12H8N2O4S/c15-14(16)10-6-3-5-9-8-4-1-2-7-11(8)19(17,18)13-12(9)10/h1-7,13H. The van der Waals surface area contributed by atoms with E-state index in [1.807, 2.05) is 0 Å². The van der Waals surface area contributed by atoms with E-state index in [1.54, 1.807) is 24.3 Å². The van der Waals surface area contributed by atoms with Crippen LogP contribution in [0.3, 0.4) is 0 Å². The molecule has 0 saturated heterocycles. The summed E-state index contributed by atoms with van der Waals surface area (Å²) < 4.78 is 26.4. The minimum Gasteiger partial charge on any atom is -0.272 e. The fourth-order valence-corrected chi connectivity index (χ4v) is 3.46. The number of benzene rings is 2. The highest BCUT2D eigenvalue weighted by Gasteiger charge is 2.31. The summed E-state index contributed by atoms with van der Waals surface area (Å²) in [5.41, 5.74) is 0.751. The topological polar surface area (TPSA) is 89.3 Å². The number of hydrogen-bond donors (Lipinski definition) is 1. The highest BCUT2D eigenvalue weighted by Crippen LogP contribution is 2.43. The Morgan fingerprint density at radius 1 is 1.00 bits per heavy atom. The third-order valence-corrected chi connectivity index (χ3v) is 4.35. The lowest BCUT2D eigenvalue weighted by atomic mass is 10.0. The van der Waals surface area contributed by atoms with Gasteiger partial charge in [-0.2, -0.15) is 0 Å². The molecule has 3 rings (SSSR count). The Kier molecular flexibility index (Phi) is 2.33. The smallest absolute Gasteiger partial charge is 0.272 e. The zero-order valence-electron chi connectivity index (χ0n) is 9.53. The van der Waals surface area contributed by atoms with Gasteiger partial charge in [0, 0.05) is 17.2 Å². The van der Waals surface area contributed by atoms with Gasteiger partial charge in [0.2, 0.25) is 0 Å². The summed E-state index contributed by atoms with van der Waals surface area (Å²) in [7, 11) is -3.77. The number of sulfonamides is 1. The van der Waals surface area contributed by atoms with E-state index in [0.29, 0.717) is 11.1 Å². The van der Waals surface area contributed by atoms with E-state index in [1.165, 1.54) is 18.2 Å². The maximum atomic E-state index is 12.1. The van der Waals surface area contributed by atoms with Crippen molar-refractivity contribution >= 4 is 21.4 Å². The van der Waals surface area contributed by atoms with Crippen molar-refractivity contribution in [3.63, 3.8) is 0 Å². The van der Waals surface area contributed by atoms with E-state index in [2.05, 4.69) is 4.72 Å². The van der Waals surface area contributed by atoms with Gasteiger partial charge in [-0.05, 0) is 6.07 Å². The molecule has 0 bridgehead atoms. The van der Waals surface area contributed by atoms with E-state index in [9.17, 15) is 18.5 Å². The van der Waals surface area contributed by atoms with Crippen molar-refractivity contribution in [1.29, 1.82) is 0 Å². The highest BCUT2D eigenvalue weighted by atomic mass is 32.2. The Morgan fingerprint density at radius 2 is 1.68 bits per heavy atom. The van der Waals surface area contributed by atoms with Gasteiger partial charge in [-0.25, -0.2) is 8.42 Å². The maximum absolute atomic E-state index is 12.1. The van der Waals surface area contributed by atoms with Gasteiger partial charge in [-0.3, -0.25) is 14.8 Å². The van der Waals surface area contributed by atoms with Gasteiger partial charge in [0.1, 0.15) is 5.69 Å². The van der Waals surface area contributed by atoms with Crippen molar-refractivity contribution in [3.8, 4) is 11.1 Å². The summed E-state index contributed by atoms with van der Waals surface area (Å²) in [4.78, 5) is 10.5. The molecule has 1 N–H and O–H groups in total. The zero-order valence-corrected chi connectivity index (χ0v) is 10.3. The van der Waals surface area contributed by atoms with Gasteiger partial charge in [0.25, 0.3) is 15.7 Å². The Morgan fingerprint density at radius 3 is 2.42 bits per heavy atom. The van der Waals surface area contributed by atoms with Gasteiger partial charge >= 0.3 is 0 Å². The van der Waals surface area contributed by atoms with Gasteiger partial charge < -0.3 is 0 Å². The molecule has 0 radical (unpaired) electrons. The summed E-state index contributed by atoms with van der Waals surface area (Å²) in [5.74, 6) is 0. The molecule has 1 aliphatic rings. The molecule has 0 fully saturated rings. The van der Waals surface area contributed by atoms with E-state index in [0.717, 1.165) is 0 Å². The first-order chi connectivity index (χ1) is 9.00. The van der Waals surface area contributed by atoms with Gasteiger partial charge in [0.15, 0.2) is 0 Å². The van der Waals surface area contributed by atoms with Crippen molar-refractivity contribution in [2.24, 2.45) is 0 Å². The quantitative estimate of drug-likeness (QED) is 0.639. The van der Waals surface area contributed by atoms with Crippen molar-refractivity contribution in [1.82, 2.24) is 0 Å². The minimum absolute atomic E-state index is 0.0196. The van der Waals surface area contributed by atoms with E-state index in [-0.39, 0.29) is 16.3 Å². The van der Waals surface area contributed by atoms with Crippen molar-refractivity contribution < 1.29 is 13.3 Å². The molecule has 0 aliphatic carbocycles. The second-order valence-corrected chi connectivity index (χ2v) is 5.71. The first kappa shape index (κ1) is 11.7. The second-order valence-electron chi connectivity index (χ2n) is 4.06. The Hall–Kier alpha value is -2.41. The number of rotatable bonds is 1. The average Bonchev–Trinajstić information content (AvgIpc) is 2.38. The highest BCUT2D eigenvalue weighted by molar-refractivity contribution is 7.93. The monoisotopic (exact) mass is 276 g/mol. The van der Waals surface area contributed by atoms with Crippen LogP contribution in [-0.4, -0.2) is 13.3 Å². The lowest BCUT2D eigenvalue weighted by molar-refractivity contribution is -0.383. The Balaban J connectivity index is 2.41. The molecule has 96 valence electrons. The lowest BCUT2D eigenvalue weighted by Gasteiger charge is -2.20. The molecule has 19 heavy (non-hydrogen) atoms. The van der Waals surface area contributed by atoms with Crippen LogP contribution in [0.1, 0.15) is 0 Å². The molecule has 0 aromatic heterocycles. The van der Waals surface area contributed by atoms with E-state index in [4.69, 9.17) is 0 Å². The van der Waals surface area contributed by atoms with Gasteiger partial charge in [-0.1, -0.05) is 30.3 Å². The summed E-state index contributed by atoms with van der Waals surface area (Å²) in [6, 6.07) is 10.9. The molecule has 0 spiro atoms. The maximum Gasteiger partial charge on any atom is 0.293 e. The number of fused-ring (bicyclic) bond motifs is 3. The van der Waals surface area contributed by atoms with Gasteiger partial charge in [0.05, 0.1) is 9.82 Å². The number of nitro benzene ring substituents is 1. The molecule has 7 heteroatoms. The van der Waals surface area contributed by atoms with Crippen LogP contribution in [-0.2, 0) is 10.0 Å². The number of hydrogen-bond acceptors (Lipinski definition) is 4. The summed E-state index contributed by atoms with van der Waals surface area (Å²) >= 11 is 0. The molecular formula is C12H8N2O4S. The van der Waals surface area contributed by atoms with E-state index >= 15 is 0 Å². The Labute approximate surface area is 108 Å². The molecular weight excluding hydrogens is 268 g/mol. The number of nitrogens with one attached hydrogen (secondary N) is 1. The fraction of sp³-hybridized carbons (Fsp3) is 0. The van der Waals surface area contributed by atoms with Gasteiger partial charge in [-0.15, -0.1) is 0 Å². The molecule has 0 saturated carbocycles. The lowest BCUT2D eigenvalue weighted by Crippen LogP contribution is -2.19. The van der Waals surface area contributed by atoms with Crippen LogP contribution in [0.15, 0.2) is 47.4 Å². The molecule has 6 nitrogen and oxygen atoms in total. The van der Waals surface area contributed by atoms with Crippen molar-refractivity contribution in [2.75, 3.05) is 4.72 Å². The first-order valence-corrected chi connectivity index (χ1v) is 6.88. The summed E-state index contributed by atoms with van der Waals surface area (Å²) in [5, 5.41) is 11.0. The van der Waals surface area contributed by atoms with Crippen LogP contribution in [0, 0.1) is 10.1 Å². The number of para-hydroxylation sites is 1. The number of nitrogens with zero attached hydrogens (tertiary/aromatic N) is 1. The predicted octanol–water partition coefficient (Wildman–Crippen LogP) is 2.38. The fourth-order valence-electron chi connectivity index (χ4n) is 2.14. The number of nitro groups is 1. The third-order valence-electron chi connectivity index (χ3n) is 2.94. The van der Waals surface area contributed by atoms with Crippen LogP contribution >= 0.6 is 0 Å². The minimum atomic E-state index is -3.77. The predicted molar refractivity (Wildman–Crippen MR) is 69.3 cm³/mol. The third kappa shape index (κ3) is 1.66. The SMILES string of the molecule is O=[N+]([O-])c1cccc2c1NS(=O)(=O)c1ccccc1-2. The zero-order chi connectivity index (χ0) is 13.6.